The van der Waals surface area contributed by atoms with Crippen LogP contribution in [0.4, 0.5) is 5.69 Å². The lowest BCUT2D eigenvalue weighted by atomic mass is 10.1. The van der Waals surface area contributed by atoms with Gasteiger partial charge in [0.05, 0.1) is 5.56 Å². The van der Waals surface area contributed by atoms with Crippen molar-refractivity contribution in [3.8, 4) is 0 Å². The van der Waals surface area contributed by atoms with Crippen molar-refractivity contribution in [1.82, 2.24) is 10.6 Å². The molecule has 0 fully saturated rings. The second-order valence-electron chi connectivity index (χ2n) is 5.17. The van der Waals surface area contributed by atoms with Crippen LogP contribution in [0.2, 0.25) is 0 Å². The molecule has 1 aromatic rings. The molecule has 0 atom stereocenters. The van der Waals surface area contributed by atoms with Crippen LogP contribution < -0.4 is 16.0 Å². The highest BCUT2D eigenvalue weighted by Gasteiger charge is 2.10. The Morgan fingerprint density at radius 2 is 1.71 bits per heavy atom. The van der Waals surface area contributed by atoms with E-state index in [2.05, 4.69) is 22.9 Å². The van der Waals surface area contributed by atoms with Crippen LogP contribution in [-0.4, -0.2) is 31.4 Å². The number of carbonyl (C=O) groups excluding carboxylic acids is 2. The summed E-state index contributed by atoms with van der Waals surface area (Å²) in [6.07, 6.45) is 0.997. The third kappa shape index (κ3) is 5.85. The molecule has 5 heteroatoms. The van der Waals surface area contributed by atoms with Crippen LogP contribution in [0, 0.1) is 5.92 Å². The molecule has 0 unspecified atom stereocenters. The molecule has 0 saturated heterocycles. The predicted octanol–water partition coefficient (Wildman–Crippen LogP) is 2.01. The molecule has 116 valence electrons. The lowest BCUT2D eigenvalue weighted by molar-refractivity contribution is -0.123. The van der Waals surface area contributed by atoms with Crippen LogP contribution in [0.5, 0.6) is 0 Å². The number of nitrogens with one attached hydrogen (secondary N) is 3. The molecule has 0 aliphatic heterocycles. The normalized spacial score (nSPS) is 10.3. The zero-order valence-electron chi connectivity index (χ0n) is 13.0. The minimum Gasteiger partial charge on any atom is -0.384 e. The first-order valence-electron chi connectivity index (χ1n) is 7.45. The van der Waals surface area contributed by atoms with E-state index in [1.54, 1.807) is 6.07 Å². The summed E-state index contributed by atoms with van der Waals surface area (Å²) in [5, 5.41) is 8.82. The minimum absolute atomic E-state index is 0.00531. The summed E-state index contributed by atoms with van der Waals surface area (Å²) < 4.78 is 0. The Balaban J connectivity index is 2.46. The van der Waals surface area contributed by atoms with Gasteiger partial charge in [-0.15, -0.1) is 0 Å². The number of anilines is 1. The number of benzene rings is 1. The van der Waals surface area contributed by atoms with Crippen molar-refractivity contribution in [3.63, 3.8) is 0 Å². The molecule has 3 N–H and O–H groups in total. The summed E-state index contributed by atoms with van der Waals surface area (Å²) in [5.41, 5.74) is 1.46. The Morgan fingerprint density at radius 1 is 1.05 bits per heavy atom. The molecule has 0 aromatic heterocycles. The van der Waals surface area contributed by atoms with Crippen molar-refractivity contribution in [2.45, 2.75) is 27.2 Å². The highest BCUT2D eigenvalue weighted by Crippen LogP contribution is 2.14. The zero-order chi connectivity index (χ0) is 15.7. The SMILES string of the molecule is CCCNc1ccccc1C(=O)NCCNC(=O)C(C)C. The Hall–Kier alpha value is -2.04. The molecule has 0 aliphatic rings. The van der Waals surface area contributed by atoms with E-state index in [1.165, 1.54) is 0 Å². The average Bonchev–Trinajstić information content (AvgIpc) is 2.49. The van der Waals surface area contributed by atoms with Crippen molar-refractivity contribution in [1.29, 1.82) is 0 Å². The molecule has 21 heavy (non-hydrogen) atoms. The fourth-order valence-electron chi connectivity index (χ4n) is 1.76. The molecule has 0 aliphatic carbocycles. The second kappa shape index (κ2) is 9.00. The molecule has 2 amide bonds. The summed E-state index contributed by atoms with van der Waals surface area (Å²) in [6.45, 7) is 7.43. The average molecular weight is 291 g/mol. The van der Waals surface area contributed by atoms with Crippen LogP contribution in [0.3, 0.4) is 0 Å². The first-order valence-corrected chi connectivity index (χ1v) is 7.45. The molecule has 1 aromatic carbocycles. The van der Waals surface area contributed by atoms with Gasteiger partial charge in [0.25, 0.3) is 5.91 Å². The molecule has 0 radical (unpaired) electrons. The quantitative estimate of drug-likeness (QED) is 0.642. The smallest absolute Gasteiger partial charge is 0.253 e. The molecule has 1 rings (SSSR count). The lowest BCUT2D eigenvalue weighted by Crippen LogP contribution is -2.36. The highest BCUT2D eigenvalue weighted by molar-refractivity contribution is 5.99. The maximum absolute atomic E-state index is 12.1. The third-order valence-electron chi connectivity index (χ3n) is 2.97. The van der Waals surface area contributed by atoms with Gasteiger partial charge in [-0.1, -0.05) is 32.9 Å². The fourth-order valence-corrected chi connectivity index (χ4v) is 1.76. The zero-order valence-corrected chi connectivity index (χ0v) is 13.0. The van der Waals surface area contributed by atoms with Crippen molar-refractivity contribution in [3.05, 3.63) is 29.8 Å². The van der Waals surface area contributed by atoms with E-state index in [4.69, 9.17) is 0 Å². The largest absolute Gasteiger partial charge is 0.384 e. The van der Waals surface area contributed by atoms with Gasteiger partial charge in [-0.05, 0) is 18.6 Å². The Morgan fingerprint density at radius 3 is 2.38 bits per heavy atom. The fraction of sp³-hybridized carbons (Fsp3) is 0.500. The molecule has 0 spiro atoms. The molecular weight excluding hydrogens is 266 g/mol. The van der Waals surface area contributed by atoms with Gasteiger partial charge < -0.3 is 16.0 Å². The van der Waals surface area contributed by atoms with Crippen LogP contribution in [-0.2, 0) is 4.79 Å². The van der Waals surface area contributed by atoms with Gasteiger partial charge in [0.1, 0.15) is 0 Å². The van der Waals surface area contributed by atoms with E-state index in [1.807, 2.05) is 32.0 Å². The first-order chi connectivity index (χ1) is 10.1. The summed E-state index contributed by atoms with van der Waals surface area (Å²) in [4.78, 5) is 23.5. The number of hydrogen-bond acceptors (Lipinski definition) is 3. The van der Waals surface area contributed by atoms with E-state index in [0.29, 0.717) is 18.7 Å². The lowest BCUT2D eigenvalue weighted by Gasteiger charge is -2.12. The summed E-state index contributed by atoms with van der Waals surface area (Å²) in [6, 6.07) is 7.43. The topological polar surface area (TPSA) is 70.2 Å². The van der Waals surface area contributed by atoms with Gasteiger partial charge in [-0.3, -0.25) is 9.59 Å². The van der Waals surface area contributed by atoms with Crippen LogP contribution in [0.1, 0.15) is 37.6 Å². The highest BCUT2D eigenvalue weighted by atomic mass is 16.2. The Bertz CT molecular complexity index is 472. The molecule has 0 saturated carbocycles. The summed E-state index contributed by atoms with van der Waals surface area (Å²) in [5.74, 6) is -0.179. The van der Waals surface area contributed by atoms with Gasteiger partial charge >= 0.3 is 0 Å². The molecular formula is C16H25N3O2. The number of para-hydroxylation sites is 1. The third-order valence-corrected chi connectivity index (χ3v) is 2.97. The van der Waals surface area contributed by atoms with Gasteiger partial charge in [0.15, 0.2) is 0 Å². The van der Waals surface area contributed by atoms with Crippen molar-refractivity contribution < 1.29 is 9.59 Å². The van der Waals surface area contributed by atoms with Gasteiger partial charge in [-0.2, -0.15) is 0 Å². The molecule has 0 bridgehead atoms. The standard InChI is InChI=1S/C16H25N3O2/c1-4-9-17-14-8-6-5-7-13(14)16(21)19-11-10-18-15(20)12(2)3/h5-8,12,17H,4,9-11H2,1-3H3,(H,18,20)(H,19,21). The van der Waals surface area contributed by atoms with Gasteiger partial charge in [0.2, 0.25) is 5.91 Å². The van der Waals surface area contributed by atoms with Crippen molar-refractivity contribution in [2.75, 3.05) is 25.0 Å². The van der Waals surface area contributed by atoms with Gasteiger partial charge in [-0.25, -0.2) is 0 Å². The van der Waals surface area contributed by atoms with Crippen LogP contribution in [0.15, 0.2) is 24.3 Å². The van der Waals surface area contributed by atoms with Crippen molar-refractivity contribution in [2.24, 2.45) is 5.92 Å². The number of rotatable bonds is 8. The maximum atomic E-state index is 12.1. The minimum atomic E-state index is -0.131. The van der Waals surface area contributed by atoms with E-state index in [-0.39, 0.29) is 17.7 Å². The first kappa shape index (κ1) is 17.0. The van der Waals surface area contributed by atoms with E-state index >= 15 is 0 Å². The number of carbonyl (C=O) groups is 2. The van der Waals surface area contributed by atoms with E-state index in [0.717, 1.165) is 18.7 Å². The van der Waals surface area contributed by atoms with E-state index < -0.39 is 0 Å². The monoisotopic (exact) mass is 291 g/mol. The maximum Gasteiger partial charge on any atom is 0.253 e. The molecule has 5 nitrogen and oxygen atoms in total. The summed E-state index contributed by atoms with van der Waals surface area (Å²) in [7, 11) is 0. The Kier molecular flexibility index (Phi) is 7.29. The molecule has 0 heterocycles. The van der Waals surface area contributed by atoms with Crippen LogP contribution in [0.25, 0.3) is 0 Å². The van der Waals surface area contributed by atoms with Crippen LogP contribution >= 0.6 is 0 Å². The van der Waals surface area contributed by atoms with Gasteiger partial charge in [0, 0.05) is 31.2 Å². The number of amides is 2. The predicted molar refractivity (Wildman–Crippen MR) is 85.4 cm³/mol. The summed E-state index contributed by atoms with van der Waals surface area (Å²) >= 11 is 0. The van der Waals surface area contributed by atoms with E-state index in [9.17, 15) is 9.59 Å². The number of hydrogen-bond donors (Lipinski definition) is 3. The van der Waals surface area contributed by atoms with Crippen molar-refractivity contribution >= 4 is 17.5 Å². The second-order valence-corrected chi connectivity index (χ2v) is 5.17. The Labute approximate surface area is 126 Å².